The Balaban J connectivity index is 2.06. The van der Waals surface area contributed by atoms with Crippen LogP contribution in [0.1, 0.15) is 11.4 Å². The molecule has 1 aromatic heterocycles. The van der Waals surface area contributed by atoms with Gasteiger partial charge in [-0.2, -0.15) is 0 Å². The number of nitrogens with one attached hydrogen (secondary N) is 1. The van der Waals surface area contributed by atoms with Crippen molar-refractivity contribution in [2.24, 2.45) is 12.8 Å². The minimum absolute atomic E-state index is 0.130. The van der Waals surface area contributed by atoms with Crippen LogP contribution in [0.4, 0.5) is 0 Å². The second-order valence-corrected chi connectivity index (χ2v) is 6.60. The summed E-state index contributed by atoms with van der Waals surface area (Å²) in [5.74, 6) is 0.703. The molecule has 0 aliphatic carbocycles. The van der Waals surface area contributed by atoms with Crippen LogP contribution in [0.25, 0.3) is 0 Å². The number of aryl methyl sites for hydroxylation is 1. The molecular formula is C12H15N5O2S2. The SMILES string of the molecule is Cn1cnnc1CCNS(=O)(=O)c1cccc(C(N)=S)c1. The normalized spacial score (nSPS) is 11.5. The molecule has 7 nitrogen and oxygen atoms in total. The molecule has 3 N–H and O–H groups in total. The summed E-state index contributed by atoms with van der Waals surface area (Å²) in [4.78, 5) is 0.289. The topological polar surface area (TPSA) is 103 Å². The van der Waals surface area contributed by atoms with Gasteiger partial charge in [-0.25, -0.2) is 13.1 Å². The molecule has 0 atom stereocenters. The summed E-state index contributed by atoms with van der Waals surface area (Å²) in [6.45, 7) is 0.228. The first-order valence-corrected chi connectivity index (χ1v) is 8.02. The van der Waals surface area contributed by atoms with Gasteiger partial charge in [0.15, 0.2) is 0 Å². The number of nitrogens with two attached hydrogens (primary N) is 1. The van der Waals surface area contributed by atoms with Gasteiger partial charge in [-0.3, -0.25) is 0 Å². The number of benzene rings is 1. The van der Waals surface area contributed by atoms with Crippen LogP contribution in [-0.4, -0.2) is 34.7 Å². The molecule has 0 fully saturated rings. The van der Waals surface area contributed by atoms with Crippen molar-refractivity contribution in [3.8, 4) is 0 Å². The van der Waals surface area contributed by atoms with E-state index in [1.54, 1.807) is 30.1 Å². The molecule has 0 unspecified atom stereocenters. The van der Waals surface area contributed by atoms with Gasteiger partial charge in [-0.1, -0.05) is 24.4 Å². The molecule has 0 saturated heterocycles. The Morgan fingerprint density at radius 2 is 2.24 bits per heavy atom. The molecule has 1 aromatic carbocycles. The molecule has 9 heteroatoms. The second kappa shape index (κ2) is 6.29. The first-order chi connectivity index (χ1) is 9.90. The summed E-state index contributed by atoms with van der Waals surface area (Å²) in [7, 11) is -1.80. The number of hydrogen-bond donors (Lipinski definition) is 2. The summed E-state index contributed by atoms with van der Waals surface area (Å²) in [5.41, 5.74) is 6.02. The molecule has 2 aromatic rings. The first kappa shape index (κ1) is 15.5. The summed E-state index contributed by atoms with van der Waals surface area (Å²) in [6, 6.07) is 6.21. The number of sulfonamides is 1. The van der Waals surface area contributed by atoms with Crippen LogP contribution < -0.4 is 10.5 Å². The second-order valence-electron chi connectivity index (χ2n) is 4.40. The fourth-order valence-corrected chi connectivity index (χ4v) is 2.93. The minimum atomic E-state index is -3.60. The van der Waals surface area contributed by atoms with E-state index in [1.807, 2.05) is 0 Å². The van der Waals surface area contributed by atoms with Crippen LogP contribution in [0.15, 0.2) is 35.5 Å². The summed E-state index contributed by atoms with van der Waals surface area (Å²) in [6.07, 6.45) is 2.01. The van der Waals surface area contributed by atoms with Crippen molar-refractivity contribution < 1.29 is 8.42 Å². The molecule has 0 amide bonds. The first-order valence-electron chi connectivity index (χ1n) is 6.12. The highest BCUT2D eigenvalue weighted by atomic mass is 32.2. The van der Waals surface area contributed by atoms with Crippen molar-refractivity contribution in [2.75, 3.05) is 6.54 Å². The molecule has 0 bridgehead atoms. The maximum Gasteiger partial charge on any atom is 0.240 e. The zero-order chi connectivity index (χ0) is 15.5. The third-order valence-corrected chi connectivity index (χ3v) is 4.57. The van der Waals surface area contributed by atoms with E-state index in [0.29, 0.717) is 17.8 Å². The fourth-order valence-electron chi connectivity index (χ4n) is 1.73. The van der Waals surface area contributed by atoms with Gasteiger partial charge in [0.1, 0.15) is 17.1 Å². The van der Waals surface area contributed by atoms with Crippen LogP contribution >= 0.6 is 12.2 Å². The number of nitrogens with zero attached hydrogens (tertiary/aromatic N) is 3. The van der Waals surface area contributed by atoms with Crippen molar-refractivity contribution in [3.63, 3.8) is 0 Å². The van der Waals surface area contributed by atoms with E-state index >= 15 is 0 Å². The van der Waals surface area contributed by atoms with E-state index in [4.69, 9.17) is 18.0 Å². The number of rotatable bonds is 6. The lowest BCUT2D eigenvalue weighted by Gasteiger charge is -2.08. The zero-order valence-corrected chi connectivity index (χ0v) is 13.0. The van der Waals surface area contributed by atoms with E-state index in [-0.39, 0.29) is 16.4 Å². The van der Waals surface area contributed by atoms with E-state index in [0.717, 1.165) is 0 Å². The maximum absolute atomic E-state index is 12.2. The Morgan fingerprint density at radius 1 is 1.48 bits per heavy atom. The Kier molecular flexibility index (Phi) is 4.66. The van der Waals surface area contributed by atoms with Gasteiger partial charge in [0.25, 0.3) is 0 Å². The quantitative estimate of drug-likeness (QED) is 0.723. The van der Waals surface area contributed by atoms with Gasteiger partial charge in [-0.15, -0.1) is 10.2 Å². The van der Waals surface area contributed by atoms with Gasteiger partial charge in [0.2, 0.25) is 10.0 Å². The smallest absolute Gasteiger partial charge is 0.240 e. The lowest BCUT2D eigenvalue weighted by Crippen LogP contribution is -2.27. The zero-order valence-electron chi connectivity index (χ0n) is 11.4. The monoisotopic (exact) mass is 325 g/mol. The highest BCUT2D eigenvalue weighted by Crippen LogP contribution is 2.11. The van der Waals surface area contributed by atoms with Crippen LogP contribution in [0.2, 0.25) is 0 Å². The largest absolute Gasteiger partial charge is 0.389 e. The van der Waals surface area contributed by atoms with E-state index < -0.39 is 10.0 Å². The highest BCUT2D eigenvalue weighted by molar-refractivity contribution is 7.89. The molecule has 21 heavy (non-hydrogen) atoms. The highest BCUT2D eigenvalue weighted by Gasteiger charge is 2.14. The van der Waals surface area contributed by atoms with Crippen molar-refractivity contribution in [1.82, 2.24) is 19.5 Å². The van der Waals surface area contributed by atoms with Gasteiger partial charge in [-0.05, 0) is 12.1 Å². The van der Waals surface area contributed by atoms with Crippen LogP contribution in [-0.2, 0) is 23.5 Å². The van der Waals surface area contributed by atoms with Crippen LogP contribution in [0.3, 0.4) is 0 Å². The van der Waals surface area contributed by atoms with Crippen molar-refractivity contribution in [3.05, 3.63) is 42.0 Å². The molecule has 0 aliphatic heterocycles. The Labute approximate surface area is 128 Å². The molecule has 112 valence electrons. The molecular weight excluding hydrogens is 310 g/mol. The number of thiocarbonyl (C=S) groups is 1. The predicted molar refractivity (Wildman–Crippen MR) is 82.2 cm³/mol. The molecule has 0 aliphatic rings. The molecule has 0 spiro atoms. The van der Waals surface area contributed by atoms with Gasteiger partial charge >= 0.3 is 0 Å². The predicted octanol–water partition coefficient (Wildman–Crippen LogP) is -0.0297. The van der Waals surface area contributed by atoms with Crippen molar-refractivity contribution in [1.29, 1.82) is 0 Å². The van der Waals surface area contributed by atoms with Crippen molar-refractivity contribution in [2.45, 2.75) is 11.3 Å². The standard InChI is InChI=1S/C12H15N5O2S2/c1-17-8-14-16-11(17)5-6-15-21(18,19)10-4-2-3-9(7-10)12(13)20/h2-4,7-8,15H,5-6H2,1H3,(H2,13,20). The average molecular weight is 325 g/mol. The van der Waals surface area contributed by atoms with Crippen LogP contribution in [0, 0.1) is 0 Å². The number of aromatic nitrogens is 3. The molecule has 0 radical (unpaired) electrons. The summed E-state index contributed by atoms with van der Waals surface area (Å²) in [5, 5.41) is 7.62. The Morgan fingerprint density at radius 3 is 2.86 bits per heavy atom. The fraction of sp³-hybridized carbons (Fsp3) is 0.250. The lowest BCUT2D eigenvalue weighted by atomic mass is 10.2. The molecule has 0 saturated carbocycles. The average Bonchev–Trinajstić information content (AvgIpc) is 2.84. The maximum atomic E-state index is 12.2. The van der Waals surface area contributed by atoms with Gasteiger partial charge in [0, 0.05) is 25.6 Å². The summed E-state index contributed by atoms with van der Waals surface area (Å²) >= 11 is 4.84. The van der Waals surface area contributed by atoms with E-state index in [1.165, 1.54) is 12.1 Å². The van der Waals surface area contributed by atoms with E-state index in [9.17, 15) is 8.42 Å². The third-order valence-electron chi connectivity index (χ3n) is 2.87. The number of hydrogen-bond acceptors (Lipinski definition) is 5. The van der Waals surface area contributed by atoms with Gasteiger partial charge in [0.05, 0.1) is 4.90 Å². The minimum Gasteiger partial charge on any atom is -0.389 e. The van der Waals surface area contributed by atoms with Crippen molar-refractivity contribution >= 4 is 27.2 Å². The Hall–Kier alpha value is -1.84. The molecule has 1 heterocycles. The van der Waals surface area contributed by atoms with Crippen LogP contribution in [0.5, 0.6) is 0 Å². The summed E-state index contributed by atoms with van der Waals surface area (Å²) < 4.78 is 28.6. The lowest BCUT2D eigenvalue weighted by molar-refractivity contribution is 0.580. The van der Waals surface area contributed by atoms with E-state index in [2.05, 4.69) is 14.9 Å². The molecule has 2 rings (SSSR count). The third kappa shape index (κ3) is 3.84. The Bertz CT molecular complexity index is 755. The van der Waals surface area contributed by atoms with Gasteiger partial charge < -0.3 is 10.3 Å².